The maximum absolute atomic E-state index is 8.64. The van der Waals surface area contributed by atoms with Crippen LogP contribution in [0.15, 0.2) is 29.8 Å². The maximum Gasteiger partial charge on any atom is 0.0960 e. The van der Waals surface area contributed by atoms with Crippen LogP contribution in [0.3, 0.4) is 0 Å². The van der Waals surface area contributed by atoms with Crippen molar-refractivity contribution in [3.63, 3.8) is 0 Å². The van der Waals surface area contributed by atoms with Crippen molar-refractivity contribution in [2.24, 2.45) is 5.73 Å². The zero-order valence-corrected chi connectivity index (χ0v) is 7.62. The van der Waals surface area contributed by atoms with E-state index in [1.54, 1.807) is 6.08 Å². The lowest BCUT2D eigenvalue weighted by Gasteiger charge is -1.96. The first-order valence-electron chi connectivity index (χ1n) is 4.13. The number of aryl methyl sites for hydroxylation is 1. The highest BCUT2D eigenvalue weighted by Crippen LogP contribution is 2.07. The van der Waals surface area contributed by atoms with Crippen LogP contribution in [0, 0.1) is 18.3 Å². The number of nitrogens with two attached hydrogens (primary N) is 1. The van der Waals surface area contributed by atoms with Gasteiger partial charge in [0.05, 0.1) is 6.07 Å². The fourth-order valence-corrected chi connectivity index (χ4v) is 1.00. The van der Waals surface area contributed by atoms with E-state index in [9.17, 15) is 0 Å². The Morgan fingerprint density at radius 3 is 2.54 bits per heavy atom. The summed E-state index contributed by atoms with van der Waals surface area (Å²) in [6.07, 6.45) is 1.80. The predicted octanol–water partition coefficient (Wildman–Crippen LogP) is 1.86. The Bertz CT molecular complexity index is 341. The first-order chi connectivity index (χ1) is 6.26. The third-order valence-electron chi connectivity index (χ3n) is 1.78. The molecule has 0 spiro atoms. The molecular formula is C11H12N2. The van der Waals surface area contributed by atoms with Crippen molar-refractivity contribution in [2.45, 2.75) is 6.92 Å². The Labute approximate surface area is 78.3 Å². The van der Waals surface area contributed by atoms with E-state index in [2.05, 4.69) is 6.07 Å². The van der Waals surface area contributed by atoms with Gasteiger partial charge < -0.3 is 5.73 Å². The van der Waals surface area contributed by atoms with Gasteiger partial charge in [-0.05, 0) is 18.6 Å². The van der Waals surface area contributed by atoms with Crippen LogP contribution in [-0.4, -0.2) is 6.54 Å². The quantitative estimate of drug-likeness (QED) is 0.692. The second kappa shape index (κ2) is 4.44. The van der Waals surface area contributed by atoms with Crippen molar-refractivity contribution in [1.29, 1.82) is 5.26 Å². The maximum atomic E-state index is 8.64. The molecule has 0 aromatic heterocycles. The van der Waals surface area contributed by atoms with Crippen molar-refractivity contribution in [3.8, 4) is 6.07 Å². The van der Waals surface area contributed by atoms with Gasteiger partial charge in [0.15, 0.2) is 0 Å². The van der Waals surface area contributed by atoms with Gasteiger partial charge in [0.1, 0.15) is 0 Å². The molecule has 0 heterocycles. The smallest absolute Gasteiger partial charge is 0.0960 e. The van der Waals surface area contributed by atoms with E-state index in [0.717, 1.165) is 5.56 Å². The van der Waals surface area contributed by atoms with Crippen LogP contribution >= 0.6 is 0 Å². The highest BCUT2D eigenvalue weighted by Gasteiger charge is 1.92. The number of hydrogen-bond acceptors (Lipinski definition) is 2. The minimum atomic E-state index is 0.296. The second-order valence-corrected chi connectivity index (χ2v) is 2.90. The average molecular weight is 172 g/mol. The summed E-state index contributed by atoms with van der Waals surface area (Å²) in [6.45, 7) is 2.33. The SMILES string of the molecule is Cc1ccc(/C=C(\C#N)CN)cc1. The van der Waals surface area contributed by atoms with E-state index in [0.29, 0.717) is 12.1 Å². The largest absolute Gasteiger partial charge is 0.326 e. The number of hydrogen-bond donors (Lipinski definition) is 1. The molecule has 0 aliphatic rings. The summed E-state index contributed by atoms with van der Waals surface area (Å²) in [4.78, 5) is 0. The Balaban J connectivity index is 2.92. The van der Waals surface area contributed by atoms with Gasteiger partial charge in [-0.2, -0.15) is 5.26 Å². The van der Waals surface area contributed by atoms with Gasteiger partial charge in [0, 0.05) is 12.1 Å². The van der Waals surface area contributed by atoms with Gasteiger partial charge in [-0.3, -0.25) is 0 Å². The summed E-state index contributed by atoms with van der Waals surface area (Å²) >= 11 is 0. The normalized spacial score (nSPS) is 11.0. The Morgan fingerprint density at radius 1 is 1.46 bits per heavy atom. The third-order valence-corrected chi connectivity index (χ3v) is 1.78. The molecule has 0 radical (unpaired) electrons. The summed E-state index contributed by atoms with van der Waals surface area (Å²) in [5.74, 6) is 0. The number of benzene rings is 1. The summed E-state index contributed by atoms with van der Waals surface area (Å²) < 4.78 is 0. The van der Waals surface area contributed by atoms with Gasteiger partial charge >= 0.3 is 0 Å². The fraction of sp³-hybridized carbons (Fsp3) is 0.182. The molecule has 1 aromatic carbocycles. The first-order valence-corrected chi connectivity index (χ1v) is 4.13. The molecule has 0 amide bonds. The van der Waals surface area contributed by atoms with Crippen LogP contribution in [-0.2, 0) is 0 Å². The van der Waals surface area contributed by atoms with Crippen molar-refractivity contribution < 1.29 is 0 Å². The van der Waals surface area contributed by atoms with Crippen molar-refractivity contribution in [2.75, 3.05) is 6.54 Å². The number of nitrogens with zero attached hydrogens (tertiary/aromatic N) is 1. The molecule has 1 rings (SSSR count). The molecule has 0 fully saturated rings. The standard InChI is InChI=1S/C11H12N2/c1-9-2-4-10(5-3-9)6-11(7-12)8-13/h2-6H,7,12H2,1H3/b11-6-. The zero-order valence-electron chi connectivity index (χ0n) is 7.62. The zero-order chi connectivity index (χ0) is 9.68. The van der Waals surface area contributed by atoms with E-state index in [1.807, 2.05) is 31.2 Å². The van der Waals surface area contributed by atoms with E-state index < -0.39 is 0 Å². The van der Waals surface area contributed by atoms with Crippen molar-refractivity contribution >= 4 is 6.08 Å². The fourth-order valence-electron chi connectivity index (χ4n) is 1.00. The number of rotatable bonds is 2. The molecule has 2 nitrogen and oxygen atoms in total. The highest BCUT2D eigenvalue weighted by atomic mass is 14.5. The van der Waals surface area contributed by atoms with Crippen LogP contribution < -0.4 is 5.73 Å². The summed E-state index contributed by atoms with van der Waals surface area (Å²) in [7, 11) is 0. The predicted molar refractivity (Wildman–Crippen MR) is 53.8 cm³/mol. The van der Waals surface area contributed by atoms with Crippen LogP contribution in [0.1, 0.15) is 11.1 Å². The van der Waals surface area contributed by atoms with Crippen LogP contribution in [0.5, 0.6) is 0 Å². The van der Waals surface area contributed by atoms with E-state index >= 15 is 0 Å². The lowest BCUT2D eigenvalue weighted by atomic mass is 10.1. The molecule has 0 atom stereocenters. The Kier molecular flexibility index (Phi) is 3.24. The van der Waals surface area contributed by atoms with Gasteiger partial charge in [-0.25, -0.2) is 0 Å². The molecule has 0 bridgehead atoms. The first kappa shape index (κ1) is 9.50. The van der Waals surface area contributed by atoms with Gasteiger partial charge in [-0.15, -0.1) is 0 Å². The molecule has 13 heavy (non-hydrogen) atoms. The topological polar surface area (TPSA) is 49.8 Å². The molecule has 2 heteroatoms. The molecule has 0 saturated heterocycles. The molecule has 1 aromatic rings. The molecule has 0 aliphatic carbocycles. The molecule has 0 aliphatic heterocycles. The number of nitriles is 1. The lowest BCUT2D eigenvalue weighted by Crippen LogP contribution is -2.00. The molecular weight excluding hydrogens is 160 g/mol. The summed E-state index contributed by atoms with van der Waals surface area (Å²) in [5, 5.41) is 8.64. The summed E-state index contributed by atoms with van der Waals surface area (Å²) in [5.41, 5.74) is 8.20. The molecule has 2 N–H and O–H groups in total. The van der Waals surface area contributed by atoms with Crippen molar-refractivity contribution in [1.82, 2.24) is 0 Å². The molecule has 0 saturated carbocycles. The minimum absolute atomic E-state index is 0.296. The van der Waals surface area contributed by atoms with E-state index in [1.165, 1.54) is 5.56 Å². The molecule has 66 valence electrons. The van der Waals surface area contributed by atoms with Crippen LogP contribution in [0.4, 0.5) is 0 Å². The van der Waals surface area contributed by atoms with Crippen LogP contribution in [0.2, 0.25) is 0 Å². The average Bonchev–Trinajstić information content (AvgIpc) is 2.17. The summed E-state index contributed by atoms with van der Waals surface area (Å²) in [6, 6.07) is 10.0. The second-order valence-electron chi connectivity index (χ2n) is 2.90. The van der Waals surface area contributed by atoms with Gasteiger partial charge in [-0.1, -0.05) is 29.8 Å². The monoisotopic (exact) mass is 172 g/mol. The third kappa shape index (κ3) is 2.73. The molecule has 0 unspecified atom stereocenters. The Morgan fingerprint density at radius 2 is 2.08 bits per heavy atom. The Hall–Kier alpha value is -1.59. The lowest BCUT2D eigenvalue weighted by molar-refractivity contribution is 1.20. The van der Waals surface area contributed by atoms with E-state index in [-0.39, 0.29) is 0 Å². The van der Waals surface area contributed by atoms with Crippen molar-refractivity contribution in [3.05, 3.63) is 41.0 Å². The van der Waals surface area contributed by atoms with E-state index in [4.69, 9.17) is 11.0 Å². The van der Waals surface area contributed by atoms with Gasteiger partial charge in [0.25, 0.3) is 0 Å². The van der Waals surface area contributed by atoms with Gasteiger partial charge in [0.2, 0.25) is 0 Å². The highest BCUT2D eigenvalue weighted by molar-refractivity contribution is 5.57. The van der Waals surface area contributed by atoms with Crippen LogP contribution in [0.25, 0.3) is 6.08 Å². The minimum Gasteiger partial charge on any atom is -0.326 e.